The second-order valence-electron chi connectivity index (χ2n) is 5.59. The number of ether oxygens (including phenoxy) is 1. The Kier molecular flexibility index (Phi) is 5.98. The molecule has 2 heterocycles. The van der Waals surface area contributed by atoms with Gasteiger partial charge in [-0.2, -0.15) is 5.10 Å². The number of nitrogens with zero attached hydrogens (tertiary/aromatic N) is 3. The van der Waals surface area contributed by atoms with Gasteiger partial charge in [0.15, 0.2) is 12.4 Å². The molecule has 10 heteroatoms. The number of hydrogen-bond acceptors (Lipinski definition) is 6. The highest BCUT2D eigenvalue weighted by Crippen LogP contribution is 2.35. The van der Waals surface area contributed by atoms with Crippen LogP contribution in [0.25, 0.3) is 0 Å². The van der Waals surface area contributed by atoms with Crippen molar-refractivity contribution >= 4 is 62.8 Å². The zero-order valence-corrected chi connectivity index (χ0v) is 16.7. The number of aliphatic carboxylic acids is 1. The van der Waals surface area contributed by atoms with Gasteiger partial charge in [0.2, 0.25) is 0 Å². The van der Waals surface area contributed by atoms with Crippen LogP contribution in [-0.2, 0) is 4.79 Å². The summed E-state index contributed by atoms with van der Waals surface area (Å²) < 4.78 is 5.90. The van der Waals surface area contributed by atoms with Crippen molar-refractivity contribution in [3.05, 3.63) is 50.7 Å². The summed E-state index contributed by atoms with van der Waals surface area (Å²) in [6.07, 6.45) is 4.39. The van der Waals surface area contributed by atoms with Crippen LogP contribution in [0.15, 0.2) is 40.2 Å². The molecule has 7 nitrogen and oxygen atoms in total. The molecule has 1 unspecified atom stereocenters. The van der Waals surface area contributed by atoms with Gasteiger partial charge < -0.3 is 9.84 Å². The van der Waals surface area contributed by atoms with Crippen LogP contribution >= 0.6 is 39.1 Å². The molecule has 0 amide bonds. The van der Waals surface area contributed by atoms with Crippen molar-refractivity contribution in [1.29, 1.82) is 0 Å². The molecule has 0 spiro atoms. The zero-order chi connectivity index (χ0) is 19.6. The Morgan fingerprint density at radius 2 is 2.00 bits per heavy atom. The minimum atomic E-state index is -1.13. The number of hydrazone groups is 1. The molecule has 0 bridgehead atoms. The number of hydrogen-bond donors (Lipinski definition) is 1. The summed E-state index contributed by atoms with van der Waals surface area (Å²) in [6.45, 7) is -0.317. The van der Waals surface area contributed by atoms with Crippen molar-refractivity contribution < 1.29 is 19.4 Å². The Hall–Kier alpha value is -2.16. The molecule has 0 saturated carbocycles. The molecule has 27 heavy (non-hydrogen) atoms. The number of carbonyl (C=O) groups excluding carboxylic acids is 1. The number of Topliss-reactive ketones (excluding diaryl/α,β-unsaturated/α-hetero) is 1. The number of rotatable bonds is 6. The van der Waals surface area contributed by atoms with E-state index in [9.17, 15) is 9.59 Å². The van der Waals surface area contributed by atoms with E-state index in [2.05, 4.69) is 26.0 Å². The molecule has 0 aliphatic carbocycles. The second-order valence-corrected chi connectivity index (χ2v) is 7.32. The molecular weight excluding hydrogens is 461 g/mol. The third kappa shape index (κ3) is 4.40. The van der Waals surface area contributed by atoms with Crippen LogP contribution in [0.3, 0.4) is 0 Å². The molecule has 1 aromatic heterocycles. The Labute approximate surface area is 172 Å². The van der Waals surface area contributed by atoms with Crippen LogP contribution < -0.4 is 9.75 Å². The quantitative estimate of drug-likeness (QED) is 0.640. The van der Waals surface area contributed by atoms with Crippen LogP contribution in [0, 0.1) is 5.92 Å². The number of halogens is 3. The maximum absolute atomic E-state index is 13.0. The lowest BCUT2D eigenvalue weighted by Crippen LogP contribution is -2.25. The first kappa shape index (κ1) is 19.6. The number of carboxylic acid groups (broad SMARTS) is 1. The maximum Gasteiger partial charge on any atom is 0.341 e. The van der Waals surface area contributed by atoms with Crippen molar-refractivity contribution in [3.63, 3.8) is 0 Å². The molecule has 2 aromatic rings. The number of benzene rings is 1. The minimum Gasteiger partial charge on any atom is -0.481 e. The number of ketones is 1. The average Bonchev–Trinajstić information content (AvgIpc) is 3.09. The van der Waals surface area contributed by atoms with Gasteiger partial charge in [0.05, 0.1) is 33.8 Å². The van der Waals surface area contributed by atoms with Crippen LogP contribution in [0.5, 0.6) is 5.75 Å². The van der Waals surface area contributed by atoms with E-state index in [4.69, 9.17) is 33.0 Å². The third-order valence-corrected chi connectivity index (χ3v) is 4.78. The summed E-state index contributed by atoms with van der Waals surface area (Å²) >= 11 is 15.6. The standard InChI is InChI=1S/C17H12BrCl2N3O4/c18-10-1-2-14(27-8-15(24)25)11(3-10)17(26)9-4-22-23(7-9)16-12(19)5-21-6-13(16)20/h1-6,9H,7-8H2,(H,24,25). The average molecular weight is 473 g/mol. The molecule has 140 valence electrons. The Morgan fingerprint density at radius 3 is 2.67 bits per heavy atom. The van der Waals surface area contributed by atoms with E-state index in [1.807, 2.05) is 0 Å². The molecule has 3 rings (SSSR count). The van der Waals surface area contributed by atoms with E-state index >= 15 is 0 Å². The molecule has 0 saturated heterocycles. The topological polar surface area (TPSA) is 92.1 Å². The molecule has 1 aliphatic heterocycles. The molecule has 1 aromatic carbocycles. The number of carbonyl (C=O) groups is 2. The molecule has 1 aliphatic rings. The highest BCUT2D eigenvalue weighted by atomic mass is 79.9. The van der Waals surface area contributed by atoms with Crippen molar-refractivity contribution in [3.8, 4) is 5.75 Å². The monoisotopic (exact) mass is 471 g/mol. The summed E-state index contributed by atoms with van der Waals surface area (Å²) in [5.41, 5.74) is 0.729. The van der Waals surface area contributed by atoms with E-state index in [1.54, 1.807) is 18.2 Å². The van der Waals surface area contributed by atoms with Crippen molar-refractivity contribution in [2.45, 2.75) is 0 Å². The van der Waals surface area contributed by atoms with Gasteiger partial charge >= 0.3 is 5.97 Å². The fourth-order valence-corrected chi connectivity index (χ4v) is 3.47. The number of anilines is 1. The van der Waals surface area contributed by atoms with Crippen LogP contribution in [-0.4, -0.2) is 41.2 Å². The van der Waals surface area contributed by atoms with Crippen LogP contribution in [0.1, 0.15) is 10.4 Å². The largest absolute Gasteiger partial charge is 0.481 e. The fraction of sp³-hybridized carbons (Fsp3) is 0.176. The van der Waals surface area contributed by atoms with Gasteiger partial charge in [-0.15, -0.1) is 0 Å². The lowest BCUT2D eigenvalue weighted by atomic mass is 9.98. The van der Waals surface area contributed by atoms with Crippen LogP contribution in [0.4, 0.5) is 5.69 Å². The van der Waals surface area contributed by atoms with Crippen LogP contribution in [0.2, 0.25) is 10.0 Å². The van der Waals surface area contributed by atoms with E-state index in [0.717, 1.165) is 0 Å². The normalized spacial score (nSPS) is 15.8. The van der Waals surface area contributed by atoms with Crippen molar-refractivity contribution in [1.82, 2.24) is 4.98 Å². The summed E-state index contributed by atoms with van der Waals surface area (Å²) in [4.78, 5) is 27.6. The highest BCUT2D eigenvalue weighted by Gasteiger charge is 2.30. The Balaban J connectivity index is 1.83. The van der Waals surface area contributed by atoms with E-state index in [-0.39, 0.29) is 23.6 Å². The van der Waals surface area contributed by atoms with E-state index in [0.29, 0.717) is 20.2 Å². The zero-order valence-electron chi connectivity index (χ0n) is 13.6. The van der Waals surface area contributed by atoms with E-state index < -0.39 is 18.5 Å². The first-order valence-corrected chi connectivity index (χ1v) is 9.20. The predicted molar refractivity (Wildman–Crippen MR) is 105 cm³/mol. The summed E-state index contributed by atoms with van der Waals surface area (Å²) in [7, 11) is 0. The molecule has 1 N–H and O–H groups in total. The minimum absolute atomic E-state index is 0.192. The second kappa shape index (κ2) is 8.24. The number of carboxylic acids is 1. The summed E-state index contributed by atoms with van der Waals surface area (Å²) in [6, 6.07) is 4.79. The molecule has 0 radical (unpaired) electrons. The predicted octanol–water partition coefficient (Wildman–Crippen LogP) is 3.92. The fourth-order valence-electron chi connectivity index (χ4n) is 2.55. The SMILES string of the molecule is O=C(O)COc1ccc(Br)cc1C(=O)C1C=NN(c2c(Cl)cncc2Cl)C1. The maximum atomic E-state index is 13.0. The lowest BCUT2D eigenvalue weighted by Gasteiger charge is -2.18. The molecule has 0 fully saturated rings. The van der Waals surface area contributed by atoms with E-state index in [1.165, 1.54) is 23.6 Å². The Morgan fingerprint density at radius 1 is 1.30 bits per heavy atom. The lowest BCUT2D eigenvalue weighted by molar-refractivity contribution is -0.139. The molecular formula is C17H12BrCl2N3O4. The first-order valence-electron chi connectivity index (χ1n) is 7.66. The summed E-state index contributed by atoms with van der Waals surface area (Å²) in [5.74, 6) is -1.78. The molecule has 1 atom stereocenters. The van der Waals surface area contributed by atoms with Gasteiger partial charge in [-0.05, 0) is 18.2 Å². The Bertz CT molecular complexity index is 918. The van der Waals surface area contributed by atoms with Gasteiger partial charge in [-0.3, -0.25) is 14.8 Å². The first-order chi connectivity index (χ1) is 12.9. The van der Waals surface area contributed by atoms with Crippen molar-refractivity contribution in [2.24, 2.45) is 11.0 Å². The van der Waals surface area contributed by atoms with Gasteiger partial charge in [0.1, 0.15) is 5.75 Å². The smallest absolute Gasteiger partial charge is 0.341 e. The number of aromatic nitrogens is 1. The van der Waals surface area contributed by atoms with Gasteiger partial charge in [0.25, 0.3) is 0 Å². The van der Waals surface area contributed by atoms with Crippen molar-refractivity contribution in [2.75, 3.05) is 18.2 Å². The highest BCUT2D eigenvalue weighted by molar-refractivity contribution is 9.10. The third-order valence-electron chi connectivity index (χ3n) is 3.74. The summed E-state index contributed by atoms with van der Waals surface area (Å²) in [5, 5.41) is 15.2. The van der Waals surface area contributed by atoms with Gasteiger partial charge in [-0.1, -0.05) is 39.1 Å². The van der Waals surface area contributed by atoms with Gasteiger partial charge in [0, 0.05) is 23.1 Å². The van der Waals surface area contributed by atoms with Gasteiger partial charge in [-0.25, -0.2) is 4.79 Å². The number of pyridine rings is 1.